The van der Waals surface area contributed by atoms with Crippen LogP contribution in [0.15, 0.2) is 39.6 Å². The lowest BCUT2D eigenvalue weighted by Crippen LogP contribution is -2.29. The summed E-state index contributed by atoms with van der Waals surface area (Å²) in [6.45, 7) is 1.31. The third-order valence-electron chi connectivity index (χ3n) is 4.98. The number of hydrogen-bond donors (Lipinski definition) is 2. The fourth-order valence-electron chi connectivity index (χ4n) is 3.74. The largest absolute Gasteiger partial charge is 0.496 e. The number of fused-ring (bicyclic) bond motifs is 2. The van der Waals surface area contributed by atoms with Crippen molar-refractivity contribution in [1.82, 2.24) is 14.5 Å². The number of benzene rings is 2. The van der Waals surface area contributed by atoms with Gasteiger partial charge in [0.1, 0.15) is 5.75 Å². The molecule has 0 bridgehead atoms. The molecule has 0 amide bonds. The highest BCUT2D eigenvalue weighted by Crippen LogP contribution is 2.33. The van der Waals surface area contributed by atoms with Crippen LogP contribution in [0.2, 0.25) is 0 Å². The number of hydrogen-bond acceptors (Lipinski definition) is 6. The van der Waals surface area contributed by atoms with E-state index in [1.54, 1.807) is 17.7 Å². The highest BCUT2D eigenvalue weighted by atomic mass is 79.9. The van der Waals surface area contributed by atoms with Crippen molar-refractivity contribution in [2.75, 3.05) is 33.4 Å². The minimum absolute atomic E-state index is 0.00599. The van der Waals surface area contributed by atoms with Gasteiger partial charge in [-0.15, -0.1) is 0 Å². The zero-order chi connectivity index (χ0) is 19.8. The molecule has 4 rings (SSSR count). The second kappa shape index (κ2) is 7.63. The van der Waals surface area contributed by atoms with Crippen LogP contribution < -0.4 is 10.2 Å². The van der Waals surface area contributed by atoms with Crippen molar-refractivity contribution in [3.8, 4) is 5.75 Å². The van der Waals surface area contributed by atoms with Gasteiger partial charge in [0.05, 0.1) is 47.8 Å². The molecule has 2 heterocycles. The lowest BCUT2D eigenvalue weighted by atomic mass is 10.1. The normalized spacial score (nSPS) is 12.0. The summed E-state index contributed by atoms with van der Waals surface area (Å²) < 4.78 is 7.93. The number of ether oxygens (including phenoxy) is 1. The minimum atomic E-state index is -0.105. The van der Waals surface area contributed by atoms with E-state index in [0.29, 0.717) is 46.1 Å². The summed E-state index contributed by atoms with van der Waals surface area (Å²) in [5.74, 6) is 0.510. The molecule has 28 heavy (non-hydrogen) atoms. The van der Waals surface area contributed by atoms with E-state index in [1.165, 1.54) is 0 Å². The standard InChI is InChI=1S/C20H20BrN3O4/c1-28-16-4-2-3-15-18(16)20(27)17-13(21)6-5-12-14(22-24(15)19(12)17)11-23(7-9-25)8-10-26/h2-6,25-26H,7-11H2,1H3. The number of aliphatic hydroxyl groups excluding tert-OH is 2. The molecular formula is C20H20BrN3O4. The van der Waals surface area contributed by atoms with Crippen LogP contribution in [0.3, 0.4) is 0 Å². The summed E-state index contributed by atoms with van der Waals surface area (Å²) in [7, 11) is 1.55. The van der Waals surface area contributed by atoms with Crippen LogP contribution in [0.25, 0.3) is 27.2 Å². The van der Waals surface area contributed by atoms with Crippen LogP contribution >= 0.6 is 15.9 Å². The van der Waals surface area contributed by atoms with Gasteiger partial charge in [0, 0.05) is 29.5 Å². The quantitative estimate of drug-likeness (QED) is 0.423. The van der Waals surface area contributed by atoms with Crippen molar-refractivity contribution < 1.29 is 14.9 Å². The van der Waals surface area contributed by atoms with E-state index in [4.69, 9.17) is 9.84 Å². The lowest BCUT2D eigenvalue weighted by molar-refractivity contribution is 0.155. The van der Waals surface area contributed by atoms with Gasteiger partial charge in [0.2, 0.25) is 5.43 Å². The molecule has 0 aliphatic heterocycles. The maximum Gasteiger partial charge on any atom is 0.202 e. The van der Waals surface area contributed by atoms with Gasteiger partial charge in [0.15, 0.2) is 0 Å². The van der Waals surface area contributed by atoms with E-state index >= 15 is 0 Å². The van der Waals surface area contributed by atoms with Gasteiger partial charge in [-0.05, 0) is 40.2 Å². The van der Waals surface area contributed by atoms with Crippen molar-refractivity contribution in [3.63, 3.8) is 0 Å². The molecule has 0 saturated carbocycles. The Morgan fingerprint density at radius 2 is 1.89 bits per heavy atom. The van der Waals surface area contributed by atoms with Crippen molar-refractivity contribution in [2.45, 2.75) is 6.54 Å². The van der Waals surface area contributed by atoms with Gasteiger partial charge in [-0.3, -0.25) is 9.69 Å². The minimum Gasteiger partial charge on any atom is -0.496 e. The van der Waals surface area contributed by atoms with Crippen LogP contribution in [0.4, 0.5) is 0 Å². The van der Waals surface area contributed by atoms with E-state index in [1.807, 2.05) is 29.2 Å². The molecule has 146 valence electrons. The third kappa shape index (κ3) is 2.93. The Morgan fingerprint density at radius 3 is 2.57 bits per heavy atom. The highest BCUT2D eigenvalue weighted by molar-refractivity contribution is 9.10. The van der Waals surface area contributed by atoms with Gasteiger partial charge in [-0.2, -0.15) is 5.10 Å². The van der Waals surface area contributed by atoms with Crippen LogP contribution in [-0.2, 0) is 6.54 Å². The Morgan fingerprint density at radius 1 is 1.14 bits per heavy atom. The number of halogens is 1. The molecule has 0 spiro atoms. The topological polar surface area (TPSA) is 87.3 Å². The molecule has 2 N–H and O–H groups in total. The Hall–Kier alpha value is -2.26. The van der Waals surface area contributed by atoms with Crippen LogP contribution in [0.5, 0.6) is 5.75 Å². The lowest BCUT2D eigenvalue weighted by Gasteiger charge is -2.18. The summed E-state index contributed by atoms with van der Waals surface area (Å²) in [5, 5.41) is 25.3. The van der Waals surface area contributed by atoms with Gasteiger partial charge >= 0.3 is 0 Å². The molecular weight excluding hydrogens is 426 g/mol. The molecule has 0 radical (unpaired) electrons. The number of pyridine rings is 1. The first-order valence-electron chi connectivity index (χ1n) is 8.97. The third-order valence-corrected chi connectivity index (χ3v) is 5.64. The maximum absolute atomic E-state index is 13.3. The number of methoxy groups -OCH3 is 1. The molecule has 4 aromatic rings. The van der Waals surface area contributed by atoms with Crippen LogP contribution in [0, 0.1) is 0 Å². The first-order chi connectivity index (χ1) is 13.6. The van der Waals surface area contributed by atoms with Crippen molar-refractivity contribution in [2.24, 2.45) is 0 Å². The number of rotatable bonds is 7. The second-order valence-corrected chi connectivity index (χ2v) is 7.44. The number of aliphatic hydroxyl groups is 2. The monoisotopic (exact) mass is 445 g/mol. The number of nitrogens with zero attached hydrogens (tertiary/aromatic N) is 3. The van der Waals surface area contributed by atoms with E-state index in [9.17, 15) is 15.0 Å². The molecule has 0 atom stereocenters. The van der Waals surface area contributed by atoms with Crippen molar-refractivity contribution in [3.05, 3.63) is 50.7 Å². The van der Waals surface area contributed by atoms with Gasteiger partial charge in [0.25, 0.3) is 0 Å². The average Bonchev–Trinajstić information content (AvgIpc) is 3.05. The Labute approximate surface area is 169 Å². The fraction of sp³-hybridized carbons (Fsp3) is 0.300. The summed E-state index contributed by atoms with van der Waals surface area (Å²) in [6.07, 6.45) is 0. The second-order valence-electron chi connectivity index (χ2n) is 6.58. The predicted octanol–water partition coefficient (Wildman–Crippen LogP) is 2.00. The first kappa shape index (κ1) is 19.1. The Kier molecular flexibility index (Phi) is 5.20. The zero-order valence-corrected chi connectivity index (χ0v) is 16.9. The molecule has 7 nitrogen and oxygen atoms in total. The Balaban J connectivity index is 2.05. The summed E-state index contributed by atoms with van der Waals surface area (Å²) >= 11 is 3.51. The maximum atomic E-state index is 13.3. The summed E-state index contributed by atoms with van der Waals surface area (Å²) in [5.41, 5.74) is 2.12. The molecule has 0 aliphatic carbocycles. The molecule has 0 aliphatic rings. The Bertz CT molecular complexity index is 1200. The van der Waals surface area contributed by atoms with Crippen LogP contribution in [0.1, 0.15) is 5.69 Å². The molecule has 0 unspecified atom stereocenters. The molecule has 0 fully saturated rings. The van der Waals surface area contributed by atoms with E-state index in [2.05, 4.69) is 15.9 Å². The highest BCUT2D eigenvalue weighted by Gasteiger charge is 2.21. The molecule has 2 aromatic carbocycles. The molecule has 8 heteroatoms. The molecule has 2 aromatic heterocycles. The van der Waals surface area contributed by atoms with E-state index < -0.39 is 0 Å². The first-order valence-corrected chi connectivity index (χ1v) is 9.76. The number of aromatic nitrogens is 2. The SMILES string of the molecule is COc1cccc2c1c(=O)c1c(Br)ccc3c(CN(CCO)CCO)nn2c31. The van der Waals surface area contributed by atoms with E-state index in [-0.39, 0.29) is 18.6 Å². The van der Waals surface area contributed by atoms with Gasteiger partial charge in [-0.25, -0.2) is 4.52 Å². The predicted molar refractivity (Wildman–Crippen MR) is 111 cm³/mol. The zero-order valence-electron chi connectivity index (χ0n) is 15.4. The van der Waals surface area contributed by atoms with Gasteiger partial charge in [-0.1, -0.05) is 6.07 Å². The van der Waals surface area contributed by atoms with Gasteiger partial charge < -0.3 is 14.9 Å². The smallest absolute Gasteiger partial charge is 0.202 e. The van der Waals surface area contributed by atoms with Crippen molar-refractivity contribution >= 4 is 43.1 Å². The van der Waals surface area contributed by atoms with Crippen LogP contribution in [-0.4, -0.2) is 58.1 Å². The van der Waals surface area contributed by atoms with Crippen molar-refractivity contribution in [1.29, 1.82) is 0 Å². The fourth-order valence-corrected chi connectivity index (χ4v) is 4.24. The average molecular weight is 446 g/mol. The van der Waals surface area contributed by atoms with E-state index in [0.717, 1.165) is 16.6 Å². The molecule has 0 saturated heterocycles. The summed E-state index contributed by atoms with van der Waals surface area (Å²) in [6, 6.07) is 9.26. The summed E-state index contributed by atoms with van der Waals surface area (Å²) in [4.78, 5) is 15.2.